The van der Waals surface area contributed by atoms with Gasteiger partial charge in [-0.3, -0.25) is 34.4 Å². The number of carbonyl (C=O) groups excluding carboxylic acids is 4. The van der Waals surface area contributed by atoms with Gasteiger partial charge in [0.15, 0.2) is 0 Å². The Morgan fingerprint density at radius 1 is 0.797 bits per heavy atom. The van der Waals surface area contributed by atoms with E-state index in [1.165, 1.54) is 31.4 Å². The number of benzene rings is 2. The molecule has 0 bridgehead atoms. The van der Waals surface area contributed by atoms with Gasteiger partial charge < -0.3 is 39.1 Å². The number of rotatable bonds is 15. The SMILES string of the molecule is CCn1nc(C)cc1C(=O)Nc1nc2cc(C(=O)O)cc(OC)c2n1CC=CCn1c(NC(=O)c2cc(C)nn2CC)nc2cc(C(N)=O)cc(OCC#CC3CCN(C(=O)OC(C)(C)C)CC3)c21. The molecule has 0 unspecified atom stereocenters. The van der Waals surface area contributed by atoms with E-state index in [0.29, 0.717) is 78.3 Å². The second-order valence-corrected chi connectivity index (χ2v) is 17.4. The van der Waals surface area contributed by atoms with E-state index >= 15 is 0 Å². The molecule has 21 heteroatoms. The van der Waals surface area contributed by atoms with Crippen LogP contribution in [-0.2, 0) is 30.9 Å². The largest absolute Gasteiger partial charge is 0.494 e. The Bertz CT molecular complexity index is 3060. The summed E-state index contributed by atoms with van der Waals surface area (Å²) in [5.41, 5.74) is 8.61. The average molecular weight is 945 g/mol. The zero-order valence-electron chi connectivity index (χ0n) is 39.9. The van der Waals surface area contributed by atoms with Gasteiger partial charge in [-0.25, -0.2) is 19.6 Å². The number of hydrogen-bond donors (Lipinski definition) is 4. The zero-order valence-corrected chi connectivity index (χ0v) is 39.9. The molecule has 1 saturated heterocycles. The fourth-order valence-electron chi connectivity index (χ4n) is 8.00. The number of carboxylic acid groups (broad SMARTS) is 1. The number of aromatic carboxylic acids is 1. The van der Waals surface area contributed by atoms with Gasteiger partial charge >= 0.3 is 12.1 Å². The highest BCUT2D eigenvalue weighted by Gasteiger charge is 2.27. The summed E-state index contributed by atoms with van der Waals surface area (Å²) in [5.74, 6) is 4.22. The van der Waals surface area contributed by atoms with Crippen LogP contribution in [0.1, 0.15) is 101 Å². The molecule has 1 aliphatic rings. The normalized spacial score (nSPS) is 13.1. The average Bonchev–Trinajstić information content (AvgIpc) is 4.07. The molecule has 2 aromatic carbocycles. The summed E-state index contributed by atoms with van der Waals surface area (Å²) in [5, 5.41) is 24.5. The van der Waals surface area contributed by atoms with Crippen molar-refractivity contribution < 1.29 is 43.3 Å². The molecule has 7 rings (SSSR count). The molecule has 0 atom stereocenters. The van der Waals surface area contributed by atoms with E-state index in [-0.39, 0.29) is 71.7 Å². The monoisotopic (exact) mass is 944 g/mol. The molecule has 1 fully saturated rings. The van der Waals surface area contributed by atoms with Crippen LogP contribution >= 0.6 is 0 Å². The van der Waals surface area contributed by atoms with E-state index in [9.17, 15) is 29.1 Å². The molecule has 69 heavy (non-hydrogen) atoms. The maximum absolute atomic E-state index is 13.9. The number of piperidine rings is 1. The number of nitrogens with one attached hydrogen (secondary N) is 2. The zero-order chi connectivity index (χ0) is 49.7. The molecule has 4 aromatic heterocycles. The first-order valence-corrected chi connectivity index (χ1v) is 22.5. The number of hydrogen-bond acceptors (Lipinski definition) is 12. The van der Waals surface area contributed by atoms with E-state index in [2.05, 4.69) is 37.7 Å². The van der Waals surface area contributed by atoms with Crippen molar-refractivity contribution in [2.24, 2.45) is 11.7 Å². The molecule has 0 aliphatic carbocycles. The Balaban J connectivity index is 1.22. The standard InChI is InChI=1S/C48H56N12O9/c1-9-59-35(22-28(3)54-59)42(62)52-45-51-34-25-32(44(64)65)27-37(67-8)39(34)57(45)17-11-12-18-58-40-33(50-46(58)53-43(63)36-23-29(4)55-60(36)10-2)24-31(41(49)61)26-38(40)68-21-13-14-30-15-19-56(20-16-30)47(66)69-48(5,6)7/h11-12,22-27,30H,9-10,15-21H2,1-8H3,(H2,49,61)(H,64,65)(H,50,53,63)(H,51,52,62). The first-order valence-electron chi connectivity index (χ1n) is 22.5. The summed E-state index contributed by atoms with van der Waals surface area (Å²) in [6.07, 6.45) is 4.57. The first kappa shape index (κ1) is 48.8. The van der Waals surface area contributed by atoms with Gasteiger partial charge in [0, 0.05) is 50.7 Å². The maximum atomic E-state index is 13.9. The lowest BCUT2D eigenvalue weighted by Gasteiger charge is -2.31. The minimum atomic E-state index is -1.18. The summed E-state index contributed by atoms with van der Waals surface area (Å²) < 4.78 is 24.0. The third kappa shape index (κ3) is 11.0. The van der Waals surface area contributed by atoms with Crippen LogP contribution in [-0.4, -0.2) is 111 Å². The first-order chi connectivity index (χ1) is 32.9. The predicted molar refractivity (Wildman–Crippen MR) is 256 cm³/mol. The Hall–Kier alpha value is -8.15. The number of nitrogens with zero attached hydrogens (tertiary/aromatic N) is 9. The van der Waals surface area contributed by atoms with E-state index in [0.717, 1.165) is 0 Å². The highest BCUT2D eigenvalue weighted by molar-refractivity contribution is 6.05. The van der Waals surface area contributed by atoms with Gasteiger partial charge in [-0.2, -0.15) is 10.2 Å². The molecule has 362 valence electrons. The second-order valence-electron chi connectivity index (χ2n) is 17.4. The van der Waals surface area contributed by atoms with Gasteiger partial charge in [0.1, 0.15) is 46.1 Å². The number of amides is 4. The van der Waals surface area contributed by atoms with Crippen molar-refractivity contribution in [3.05, 3.63) is 82.5 Å². The summed E-state index contributed by atoms with van der Waals surface area (Å²) >= 11 is 0. The number of aromatic nitrogens is 8. The molecule has 5 heterocycles. The Morgan fingerprint density at radius 2 is 1.30 bits per heavy atom. The maximum Gasteiger partial charge on any atom is 0.410 e. The minimum Gasteiger partial charge on any atom is -0.494 e. The van der Waals surface area contributed by atoms with Gasteiger partial charge in [-0.05, 0) is 97.7 Å². The van der Waals surface area contributed by atoms with Crippen molar-refractivity contribution in [3.63, 3.8) is 0 Å². The molecule has 6 aromatic rings. The number of methoxy groups -OCH3 is 1. The topological polar surface area (TPSA) is 258 Å². The number of anilines is 2. The lowest BCUT2D eigenvalue weighted by molar-refractivity contribution is 0.0199. The lowest BCUT2D eigenvalue weighted by Crippen LogP contribution is -2.41. The van der Waals surface area contributed by atoms with Crippen LogP contribution in [0, 0.1) is 31.6 Å². The van der Waals surface area contributed by atoms with Gasteiger partial charge in [-0.1, -0.05) is 24.0 Å². The van der Waals surface area contributed by atoms with Crippen LogP contribution < -0.4 is 25.8 Å². The number of ether oxygens (including phenoxy) is 3. The van der Waals surface area contributed by atoms with Crippen molar-refractivity contribution in [3.8, 4) is 23.3 Å². The van der Waals surface area contributed by atoms with Crippen molar-refractivity contribution in [1.29, 1.82) is 0 Å². The number of imidazole rings is 2. The van der Waals surface area contributed by atoms with Crippen LogP contribution in [0.25, 0.3) is 22.1 Å². The molecule has 0 saturated carbocycles. The van der Waals surface area contributed by atoms with Crippen LogP contribution in [0.3, 0.4) is 0 Å². The number of nitrogens with two attached hydrogens (primary N) is 1. The summed E-state index contributed by atoms with van der Waals surface area (Å²) in [6.45, 7) is 14.8. The van der Waals surface area contributed by atoms with E-state index < -0.39 is 29.3 Å². The predicted octanol–water partition coefficient (Wildman–Crippen LogP) is 6.03. The molecule has 5 N–H and O–H groups in total. The molecule has 0 spiro atoms. The number of likely N-dealkylation sites (tertiary alicyclic amines) is 1. The molecule has 1 aliphatic heterocycles. The molecular formula is C48H56N12O9. The van der Waals surface area contributed by atoms with Crippen LogP contribution in [0.4, 0.5) is 16.7 Å². The molecular weight excluding hydrogens is 889 g/mol. The number of carboxylic acids is 1. The highest BCUT2D eigenvalue weighted by Crippen LogP contribution is 2.33. The van der Waals surface area contributed by atoms with Crippen LogP contribution in [0.15, 0.2) is 48.6 Å². The van der Waals surface area contributed by atoms with Crippen molar-refractivity contribution in [2.75, 3.05) is 37.4 Å². The lowest BCUT2D eigenvalue weighted by atomic mass is 9.98. The van der Waals surface area contributed by atoms with Gasteiger partial charge in [0.05, 0.1) is 35.1 Å². The van der Waals surface area contributed by atoms with Crippen LogP contribution in [0.5, 0.6) is 11.5 Å². The fraction of sp³-hybridized carbons (Fsp3) is 0.396. The van der Waals surface area contributed by atoms with Gasteiger partial charge in [-0.15, -0.1) is 0 Å². The van der Waals surface area contributed by atoms with Crippen molar-refractivity contribution in [1.82, 2.24) is 43.6 Å². The number of fused-ring (bicyclic) bond motifs is 2. The number of allylic oxidation sites excluding steroid dienone is 2. The van der Waals surface area contributed by atoms with Gasteiger partial charge in [0.25, 0.3) is 11.8 Å². The van der Waals surface area contributed by atoms with Crippen LogP contribution in [0.2, 0.25) is 0 Å². The summed E-state index contributed by atoms with van der Waals surface area (Å²) in [4.78, 5) is 76.0. The highest BCUT2D eigenvalue weighted by atomic mass is 16.6. The molecule has 21 nitrogen and oxygen atoms in total. The van der Waals surface area contributed by atoms with E-state index in [1.54, 1.807) is 61.5 Å². The van der Waals surface area contributed by atoms with E-state index in [1.807, 2.05) is 34.6 Å². The molecule has 4 amide bonds. The van der Waals surface area contributed by atoms with Gasteiger partial charge in [0.2, 0.25) is 17.8 Å². The Morgan fingerprint density at radius 3 is 1.78 bits per heavy atom. The number of primary amides is 1. The minimum absolute atomic E-state index is 0.0200. The summed E-state index contributed by atoms with van der Waals surface area (Å²) in [7, 11) is 1.41. The molecule has 0 radical (unpaired) electrons. The number of aryl methyl sites for hydroxylation is 4. The summed E-state index contributed by atoms with van der Waals surface area (Å²) in [6, 6.07) is 9.13. The Labute approximate surface area is 397 Å². The second kappa shape index (κ2) is 20.4. The Kier molecular flexibility index (Phi) is 14.4. The third-order valence-corrected chi connectivity index (χ3v) is 11.2. The van der Waals surface area contributed by atoms with Crippen molar-refractivity contribution >= 4 is 63.7 Å². The quantitative estimate of drug-likeness (QED) is 0.0678. The van der Waals surface area contributed by atoms with Crippen molar-refractivity contribution in [2.45, 2.75) is 93.1 Å². The van der Waals surface area contributed by atoms with E-state index in [4.69, 9.17) is 24.9 Å². The number of carbonyl (C=O) groups is 5. The fourth-order valence-corrected chi connectivity index (χ4v) is 8.00. The third-order valence-electron chi connectivity index (χ3n) is 11.2. The smallest absolute Gasteiger partial charge is 0.410 e.